The first-order chi connectivity index (χ1) is 16.9. The minimum atomic E-state index is -0.912. The Morgan fingerprint density at radius 1 is 1.14 bits per heavy atom. The van der Waals surface area contributed by atoms with Crippen LogP contribution in [0.15, 0.2) is 54.6 Å². The van der Waals surface area contributed by atoms with E-state index in [0.29, 0.717) is 19.3 Å². The second-order valence-corrected chi connectivity index (χ2v) is 8.81. The van der Waals surface area contributed by atoms with Crippen LogP contribution in [0.5, 0.6) is 0 Å². The summed E-state index contributed by atoms with van der Waals surface area (Å²) in [6.07, 6.45) is 1.46. The van der Waals surface area contributed by atoms with E-state index in [-0.39, 0.29) is 25.0 Å². The molecule has 0 fully saturated rings. The van der Waals surface area contributed by atoms with E-state index in [2.05, 4.69) is 10.6 Å². The van der Waals surface area contributed by atoms with Crippen molar-refractivity contribution in [1.82, 2.24) is 15.2 Å². The average molecular weight is 478 g/mol. The lowest BCUT2D eigenvalue weighted by Gasteiger charge is -2.25. The number of nitrogens with one attached hydrogen (secondary N) is 2. The van der Waals surface area contributed by atoms with Gasteiger partial charge in [0.1, 0.15) is 12.1 Å². The summed E-state index contributed by atoms with van der Waals surface area (Å²) < 4.78 is 6.93. The topological polar surface area (TPSA) is 110 Å². The lowest BCUT2D eigenvalue weighted by Crippen LogP contribution is -2.48. The van der Waals surface area contributed by atoms with Crippen molar-refractivity contribution in [2.24, 2.45) is 0 Å². The molecule has 4 rings (SSSR count). The monoisotopic (exact) mass is 477 g/mol. The first-order valence-electron chi connectivity index (χ1n) is 12.0. The van der Waals surface area contributed by atoms with E-state index >= 15 is 0 Å². The van der Waals surface area contributed by atoms with Gasteiger partial charge in [-0.25, -0.2) is 0 Å². The van der Waals surface area contributed by atoms with Gasteiger partial charge in [0.25, 0.3) is 0 Å². The van der Waals surface area contributed by atoms with Gasteiger partial charge in [0.05, 0.1) is 18.2 Å². The molecule has 1 aliphatic rings. The van der Waals surface area contributed by atoms with Crippen molar-refractivity contribution in [1.29, 1.82) is 0 Å². The number of nitrogens with zero attached hydrogens (tertiary/aromatic N) is 1. The van der Waals surface area contributed by atoms with Crippen molar-refractivity contribution in [3.63, 3.8) is 0 Å². The van der Waals surface area contributed by atoms with E-state index in [1.807, 2.05) is 54.6 Å². The zero-order valence-corrected chi connectivity index (χ0v) is 20.0. The zero-order valence-electron chi connectivity index (χ0n) is 20.0. The number of ether oxygens (including phenoxy) is 1. The van der Waals surface area contributed by atoms with E-state index < -0.39 is 24.1 Å². The van der Waals surface area contributed by atoms with Gasteiger partial charge in [0.2, 0.25) is 5.91 Å². The molecule has 0 spiro atoms. The lowest BCUT2D eigenvalue weighted by molar-refractivity contribution is -0.146. The van der Waals surface area contributed by atoms with Crippen LogP contribution in [0, 0.1) is 0 Å². The molecular weight excluding hydrogens is 446 g/mol. The van der Waals surface area contributed by atoms with Crippen LogP contribution in [0.3, 0.4) is 0 Å². The van der Waals surface area contributed by atoms with Crippen LogP contribution in [0.1, 0.15) is 41.9 Å². The maximum Gasteiger partial charge on any atom is 0.323 e. The van der Waals surface area contributed by atoms with E-state index in [1.165, 1.54) is 0 Å². The fraction of sp³-hybridized carbons (Fsp3) is 0.370. The standard InChI is InChI=1S/C27H31N3O5/c1-3-35-27(34)21(14-13-18-9-5-4-6-10-18)29-17(2)25(31)30-23-12-8-7-11-19(23)20-15-22(26(32)33)28-16-24(20)30/h4-12,17,21-22,28-29H,3,13-16H2,1-2H3,(H,32,33)/t17-,21?,22?/m0/s1. The highest BCUT2D eigenvalue weighted by molar-refractivity contribution is 5.98. The van der Waals surface area contributed by atoms with Crippen LogP contribution in [0.4, 0.5) is 0 Å². The fourth-order valence-corrected chi connectivity index (χ4v) is 4.73. The number of hydrogen-bond acceptors (Lipinski definition) is 6. The van der Waals surface area contributed by atoms with Crippen molar-refractivity contribution in [2.45, 2.75) is 57.8 Å². The summed E-state index contributed by atoms with van der Waals surface area (Å²) in [6, 6.07) is 15.4. The number of para-hydroxylation sites is 1. The third-order valence-electron chi connectivity index (χ3n) is 6.49. The maximum absolute atomic E-state index is 13.7. The SMILES string of the molecule is CCOC(=O)C(CCc1ccccc1)N[C@@H](C)C(=O)n1c2c(c3ccccc31)CC(C(=O)O)NC2. The Bertz CT molecular complexity index is 1220. The Morgan fingerprint density at radius 3 is 2.57 bits per heavy atom. The quantitative estimate of drug-likeness (QED) is 0.407. The molecule has 8 heteroatoms. The number of rotatable bonds is 9. The van der Waals surface area contributed by atoms with Crippen molar-refractivity contribution >= 4 is 28.7 Å². The van der Waals surface area contributed by atoms with Crippen LogP contribution in [0.25, 0.3) is 10.9 Å². The molecule has 8 nitrogen and oxygen atoms in total. The van der Waals surface area contributed by atoms with E-state index in [4.69, 9.17) is 4.74 Å². The Morgan fingerprint density at radius 2 is 1.86 bits per heavy atom. The molecule has 0 radical (unpaired) electrons. The molecule has 3 N–H and O–H groups in total. The van der Waals surface area contributed by atoms with E-state index in [1.54, 1.807) is 18.4 Å². The van der Waals surface area contributed by atoms with Crippen molar-refractivity contribution < 1.29 is 24.2 Å². The zero-order chi connectivity index (χ0) is 24.9. The molecular formula is C27H31N3O5. The number of aromatic nitrogens is 1. The average Bonchev–Trinajstić information content (AvgIpc) is 3.20. The highest BCUT2D eigenvalue weighted by Crippen LogP contribution is 2.30. The Hall–Kier alpha value is -3.49. The second kappa shape index (κ2) is 10.8. The van der Waals surface area contributed by atoms with Gasteiger partial charge in [-0.15, -0.1) is 0 Å². The number of carboxylic acids is 1. The summed E-state index contributed by atoms with van der Waals surface area (Å²) in [4.78, 5) is 37.9. The normalized spacial score (nSPS) is 16.9. The molecule has 3 aromatic rings. The van der Waals surface area contributed by atoms with Crippen LogP contribution in [-0.2, 0) is 33.7 Å². The van der Waals surface area contributed by atoms with Crippen LogP contribution in [0.2, 0.25) is 0 Å². The molecule has 2 aromatic carbocycles. The number of aryl methyl sites for hydroxylation is 1. The summed E-state index contributed by atoms with van der Waals surface area (Å²) in [6.45, 7) is 4.04. The minimum absolute atomic E-state index is 0.202. The molecule has 2 heterocycles. The summed E-state index contributed by atoms with van der Waals surface area (Å²) in [5.41, 5.74) is 3.48. The number of fused-ring (bicyclic) bond motifs is 3. The molecule has 1 aromatic heterocycles. The summed E-state index contributed by atoms with van der Waals surface area (Å²) in [5, 5.41) is 16.6. The molecule has 0 amide bonds. The summed E-state index contributed by atoms with van der Waals surface area (Å²) >= 11 is 0. The van der Waals surface area contributed by atoms with Gasteiger partial charge in [-0.1, -0.05) is 48.5 Å². The first kappa shape index (κ1) is 24.6. The van der Waals surface area contributed by atoms with Gasteiger partial charge in [0, 0.05) is 24.0 Å². The van der Waals surface area contributed by atoms with E-state index in [9.17, 15) is 19.5 Å². The Labute approximate surface area is 204 Å². The minimum Gasteiger partial charge on any atom is -0.480 e. The van der Waals surface area contributed by atoms with Crippen molar-refractivity contribution in [2.75, 3.05) is 6.61 Å². The summed E-state index contributed by atoms with van der Waals surface area (Å²) in [5.74, 6) is -1.50. The number of aliphatic carboxylic acids is 1. The molecule has 1 aliphatic heterocycles. The van der Waals surface area contributed by atoms with Gasteiger partial charge in [0.15, 0.2) is 0 Å². The predicted octanol–water partition coefficient (Wildman–Crippen LogP) is 2.92. The highest BCUT2D eigenvalue weighted by atomic mass is 16.5. The molecule has 184 valence electrons. The Kier molecular flexibility index (Phi) is 7.63. The van der Waals surface area contributed by atoms with Gasteiger partial charge >= 0.3 is 11.9 Å². The lowest BCUT2D eigenvalue weighted by atomic mass is 9.98. The number of carbonyl (C=O) groups is 3. The largest absolute Gasteiger partial charge is 0.480 e. The third-order valence-corrected chi connectivity index (χ3v) is 6.49. The van der Waals surface area contributed by atoms with Crippen LogP contribution < -0.4 is 10.6 Å². The maximum atomic E-state index is 13.7. The molecule has 3 atom stereocenters. The van der Waals surface area contributed by atoms with Crippen LogP contribution in [-0.4, -0.2) is 52.3 Å². The highest BCUT2D eigenvalue weighted by Gasteiger charge is 2.32. The number of benzene rings is 2. The molecule has 0 aliphatic carbocycles. The number of carbonyl (C=O) groups excluding carboxylic acids is 2. The van der Waals surface area contributed by atoms with E-state index in [0.717, 1.165) is 27.7 Å². The molecule has 35 heavy (non-hydrogen) atoms. The smallest absolute Gasteiger partial charge is 0.323 e. The molecule has 0 bridgehead atoms. The van der Waals surface area contributed by atoms with Crippen molar-refractivity contribution in [3.05, 3.63) is 71.4 Å². The Balaban J connectivity index is 1.59. The fourth-order valence-electron chi connectivity index (χ4n) is 4.73. The number of esters is 1. The van der Waals surface area contributed by atoms with Crippen LogP contribution >= 0.6 is 0 Å². The van der Waals surface area contributed by atoms with Gasteiger partial charge < -0.3 is 9.84 Å². The van der Waals surface area contributed by atoms with Gasteiger partial charge in [-0.3, -0.25) is 29.6 Å². The van der Waals surface area contributed by atoms with Gasteiger partial charge in [-0.05, 0) is 43.9 Å². The number of carboxylic acid groups (broad SMARTS) is 1. The third kappa shape index (κ3) is 5.28. The summed E-state index contributed by atoms with van der Waals surface area (Å²) in [7, 11) is 0. The number of hydrogen-bond donors (Lipinski definition) is 3. The first-order valence-corrected chi connectivity index (χ1v) is 12.0. The van der Waals surface area contributed by atoms with Crippen molar-refractivity contribution in [3.8, 4) is 0 Å². The molecule has 0 saturated heterocycles. The molecule has 0 saturated carbocycles. The second-order valence-electron chi connectivity index (χ2n) is 8.81. The van der Waals surface area contributed by atoms with Gasteiger partial charge in [-0.2, -0.15) is 0 Å². The predicted molar refractivity (Wildman–Crippen MR) is 132 cm³/mol. The molecule has 2 unspecified atom stereocenters.